The number of nitrogens with one attached hydrogen (secondary N) is 3. The van der Waals surface area contributed by atoms with E-state index in [1.54, 1.807) is 18.2 Å². The monoisotopic (exact) mass is 429 g/mol. The van der Waals surface area contributed by atoms with Crippen molar-refractivity contribution in [1.82, 2.24) is 15.5 Å². The van der Waals surface area contributed by atoms with Gasteiger partial charge in [-0.15, -0.1) is 0 Å². The number of halogens is 3. The number of hydrogen-bond acceptors (Lipinski definition) is 2. The molecule has 1 heterocycles. The van der Waals surface area contributed by atoms with Gasteiger partial charge >= 0.3 is 0 Å². The van der Waals surface area contributed by atoms with Crippen LogP contribution < -0.4 is 10.6 Å². The number of aromatic nitrogens is 2. The van der Waals surface area contributed by atoms with Crippen LogP contribution in [-0.4, -0.2) is 28.1 Å². The number of amides is 1. The van der Waals surface area contributed by atoms with Crippen molar-refractivity contribution in [1.29, 1.82) is 0 Å². The summed E-state index contributed by atoms with van der Waals surface area (Å²) in [7, 11) is 0. The van der Waals surface area contributed by atoms with Crippen LogP contribution in [0.3, 0.4) is 0 Å². The van der Waals surface area contributed by atoms with E-state index in [1.165, 1.54) is 6.07 Å². The maximum Gasteiger partial charge on any atom is 0.280 e. The first-order valence-electron chi connectivity index (χ1n) is 9.41. The zero-order valence-corrected chi connectivity index (χ0v) is 16.5. The predicted molar refractivity (Wildman–Crippen MR) is 112 cm³/mol. The zero-order valence-electron chi connectivity index (χ0n) is 15.8. The Morgan fingerprint density at radius 1 is 1.10 bits per heavy atom. The van der Waals surface area contributed by atoms with Crippen LogP contribution in [0.4, 0.5) is 14.6 Å². The third-order valence-corrected chi connectivity index (χ3v) is 5.05. The second-order valence-corrected chi connectivity index (χ2v) is 7.40. The Bertz CT molecular complexity index is 1090. The predicted octanol–water partition coefficient (Wildman–Crippen LogP) is 4.76. The van der Waals surface area contributed by atoms with Crippen LogP contribution in [0.5, 0.6) is 0 Å². The fourth-order valence-corrected chi connectivity index (χ4v) is 3.05. The van der Waals surface area contributed by atoms with Crippen LogP contribution >= 0.6 is 11.6 Å². The lowest BCUT2D eigenvalue weighted by Gasteiger charge is -2.28. The minimum absolute atomic E-state index is 0.0462. The largest absolute Gasteiger partial charge is 0.353 e. The fraction of sp³-hybridized carbons (Fsp3) is 0.190. The number of benzene rings is 2. The molecule has 0 saturated heterocycles. The molecule has 1 saturated carbocycles. The molecule has 3 aromatic rings. The lowest BCUT2D eigenvalue weighted by atomic mass is 9.93. The molecule has 4 rings (SSSR count). The second-order valence-electron chi connectivity index (χ2n) is 6.97. The fourth-order valence-electron chi connectivity index (χ4n) is 2.92. The summed E-state index contributed by atoms with van der Waals surface area (Å²) in [5, 5.41) is 13.9. The van der Waals surface area contributed by atoms with Gasteiger partial charge in [-0.1, -0.05) is 23.7 Å². The first kappa shape index (κ1) is 20.0. The number of guanidine groups is 1. The van der Waals surface area contributed by atoms with Crippen LogP contribution in [-0.2, 0) is 0 Å². The molecule has 3 N–H and O–H groups in total. The number of rotatable bonds is 4. The van der Waals surface area contributed by atoms with E-state index in [1.807, 2.05) is 12.1 Å². The summed E-state index contributed by atoms with van der Waals surface area (Å²) in [5.41, 5.74) is 1.51. The molecular formula is C21H18ClF2N5O. The quantitative estimate of drug-likeness (QED) is 0.412. The van der Waals surface area contributed by atoms with Crippen molar-refractivity contribution in [2.45, 2.75) is 25.3 Å². The minimum Gasteiger partial charge on any atom is -0.353 e. The highest BCUT2D eigenvalue weighted by atomic mass is 35.5. The highest BCUT2D eigenvalue weighted by Crippen LogP contribution is 2.22. The molecule has 1 fully saturated rings. The van der Waals surface area contributed by atoms with Crippen LogP contribution in [0.15, 0.2) is 53.5 Å². The maximum absolute atomic E-state index is 13.5. The van der Waals surface area contributed by atoms with Gasteiger partial charge in [0.15, 0.2) is 11.6 Å². The van der Waals surface area contributed by atoms with Crippen LogP contribution in [0.25, 0.3) is 11.3 Å². The van der Waals surface area contributed by atoms with Crippen LogP contribution in [0, 0.1) is 11.6 Å². The average molecular weight is 430 g/mol. The number of hydrogen-bond donors (Lipinski definition) is 3. The minimum atomic E-state index is -1.10. The molecule has 2 aromatic carbocycles. The summed E-state index contributed by atoms with van der Waals surface area (Å²) < 4.78 is 26.6. The standard InChI is InChI=1S/C21H18ClF2N5O/c22-14-7-4-12(5-8-14)18-11-19(29-28-18)26-21(25-15-2-1-3-15)27-20(30)13-6-9-16(23)17(24)10-13/h4-11,15H,1-3H2,(H3,25,26,27,28,29,30). The maximum atomic E-state index is 13.5. The molecule has 0 spiro atoms. The van der Waals surface area contributed by atoms with Crippen LogP contribution in [0.2, 0.25) is 5.02 Å². The lowest BCUT2D eigenvalue weighted by molar-refractivity contribution is 0.100. The molecule has 0 unspecified atom stereocenters. The van der Waals surface area contributed by atoms with E-state index in [2.05, 4.69) is 25.8 Å². The van der Waals surface area contributed by atoms with E-state index < -0.39 is 17.5 Å². The summed E-state index contributed by atoms with van der Waals surface area (Å²) in [6.45, 7) is 0. The van der Waals surface area contributed by atoms with E-state index in [0.717, 1.165) is 37.0 Å². The van der Waals surface area contributed by atoms with E-state index in [-0.39, 0.29) is 17.6 Å². The van der Waals surface area contributed by atoms with Gasteiger partial charge in [0.25, 0.3) is 5.91 Å². The van der Waals surface area contributed by atoms with Crippen molar-refractivity contribution >= 4 is 29.3 Å². The lowest BCUT2D eigenvalue weighted by Crippen LogP contribution is -2.43. The number of aliphatic imine (C=N–C) groups is 1. The first-order chi connectivity index (χ1) is 14.5. The van der Waals surface area contributed by atoms with Gasteiger partial charge in [-0.25, -0.2) is 8.78 Å². The van der Waals surface area contributed by atoms with Crippen molar-refractivity contribution in [2.24, 2.45) is 4.99 Å². The normalized spacial score (nSPS) is 14.3. The summed E-state index contributed by atoms with van der Waals surface area (Å²) in [5.74, 6) is -2.09. The SMILES string of the molecule is O=C(/N=C(\Nc1cc(-c2ccc(Cl)cc2)n[nH]1)NC1CCC1)c1ccc(F)c(F)c1. The molecule has 30 heavy (non-hydrogen) atoms. The molecular weight excluding hydrogens is 412 g/mol. The smallest absolute Gasteiger partial charge is 0.280 e. The van der Waals surface area contributed by atoms with Crippen molar-refractivity contribution in [3.63, 3.8) is 0 Å². The van der Waals surface area contributed by atoms with Gasteiger partial charge in [0.1, 0.15) is 5.82 Å². The Morgan fingerprint density at radius 2 is 1.87 bits per heavy atom. The van der Waals surface area contributed by atoms with Gasteiger partial charge in [-0.05, 0) is 49.6 Å². The Hall–Kier alpha value is -3.26. The summed E-state index contributed by atoms with van der Waals surface area (Å²) >= 11 is 5.92. The molecule has 1 aliphatic rings. The zero-order chi connectivity index (χ0) is 21.1. The van der Waals surface area contributed by atoms with E-state index in [4.69, 9.17) is 11.6 Å². The Labute approximate surface area is 176 Å². The van der Waals surface area contributed by atoms with E-state index >= 15 is 0 Å². The molecule has 1 aliphatic carbocycles. The van der Waals surface area contributed by atoms with Gasteiger partial charge in [-0.2, -0.15) is 10.1 Å². The van der Waals surface area contributed by atoms with Crippen LogP contribution in [0.1, 0.15) is 29.6 Å². The van der Waals surface area contributed by atoms with Crippen molar-refractivity contribution in [3.8, 4) is 11.3 Å². The number of carbonyl (C=O) groups excluding carboxylic acids is 1. The van der Waals surface area contributed by atoms with Gasteiger partial charge < -0.3 is 10.6 Å². The number of nitrogens with zero attached hydrogens (tertiary/aromatic N) is 2. The third kappa shape index (κ3) is 4.65. The molecule has 1 amide bonds. The van der Waals surface area contributed by atoms with Crippen molar-refractivity contribution in [2.75, 3.05) is 5.32 Å². The second kappa shape index (κ2) is 8.62. The Kier molecular flexibility index (Phi) is 5.76. The van der Waals surface area contributed by atoms with Crippen molar-refractivity contribution in [3.05, 3.63) is 70.8 Å². The number of H-pyrrole nitrogens is 1. The molecule has 1 aromatic heterocycles. The number of anilines is 1. The topological polar surface area (TPSA) is 82.2 Å². The molecule has 154 valence electrons. The molecule has 6 nitrogen and oxygen atoms in total. The molecule has 9 heteroatoms. The Balaban J connectivity index is 1.55. The highest BCUT2D eigenvalue weighted by Gasteiger charge is 2.20. The van der Waals surface area contributed by atoms with E-state index in [0.29, 0.717) is 16.5 Å². The average Bonchev–Trinajstić information content (AvgIpc) is 3.15. The van der Waals surface area contributed by atoms with Gasteiger partial charge in [0.2, 0.25) is 5.96 Å². The summed E-state index contributed by atoms with van der Waals surface area (Å²) in [6, 6.07) is 12.1. The molecule has 0 aliphatic heterocycles. The first-order valence-corrected chi connectivity index (χ1v) is 9.79. The molecule has 0 radical (unpaired) electrons. The summed E-state index contributed by atoms with van der Waals surface area (Å²) in [6.07, 6.45) is 3.00. The van der Waals surface area contributed by atoms with Crippen molar-refractivity contribution < 1.29 is 13.6 Å². The molecule has 0 bridgehead atoms. The number of aromatic amines is 1. The summed E-state index contributed by atoms with van der Waals surface area (Å²) in [4.78, 5) is 16.5. The highest BCUT2D eigenvalue weighted by molar-refractivity contribution is 6.30. The number of carbonyl (C=O) groups is 1. The third-order valence-electron chi connectivity index (χ3n) is 4.80. The van der Waals surface area contributed by atoms with Gasteiger partial charge in [0.05, 0.1) is 5.69 Å². The Morgan fingerprint density at radius 3 is 2.53 bits per heavy atom. The van der Waals surface area contributed by atoms with Gasteiger partial charge in [-0.3, -0.25) is 9.89 Å². The molecule has 0 atom stereocenters. The van der Waals surface area contributed by atoms with Gasteiger partial charge in [0, 0.05) is 28.3 Å². The van der Waals surface area contributed by atoms with E-state index in [9.17, 15) is 13.6 Å².